The second kappa shape index (κ2) is 15.3. The molecule has 8 saturated heterocycles. The van der Waals surface area contributed by atoms with Crippen molar-refractivity contribution in [2.45, 2.75) is 188 Å². The molecule has 0 spiro atoms. The highest BCUT2D eigenvalue weighted by Crippen LogP contribution is 2.47. The summed E-state index contributed by atoms with van der Waals surface area (Å²) in [7, 11) is 1.66. The van der Waals surface area contributed by atoms with Crippen molar-refractivity contribution in [3.8, 4) is 0 Å². The smallest absolute Gasteiger partial charge is 0.166 e. The second-order valence-electron chi connectivity index (χ2n) is 17.2. The zero-order chi connectivity index (χ0) is 36.3. The Balaban J connectivity index is 1.07. The van der Waals surface area contributed by atoms with E-state index in [1.807, 2.05) is 6.92 Å². The van der Waals surface area contributed by atoms with Crippen LogP contribution in [0.25, 0.3) is 0 Å². The Kier molecular flexibility index (Phi) is 11.1. The molecule has 12 heteroatoms. The number of aliphatic hydroxyl groups excluding tert-OH is 1. The van der Waals surface area contributed by atoms with Gasteiger partial charge >= 0.3 is 0 Å². The van der Waals surface area contributed by atoms with Crippen LogP contribution in [-0.4, -0.2) is 128 Å². The molecule has 11 bridgehead atoms. The lowest BCUT2D eigenvalue weighted by molar-refractivity contribution is -0.312. The molecule has 0 saturated carbocycles. The zero-order valence-corrected chi connectivity index (χ0v) is 31.2. The highest BCUT2D eigenvalue weighted by molar-refractivity contribution is 5.79. The van der Waals surface area contributed by atoms with E-state index in [0.29, 0.717) is 32.3 Å². The number of ketones is 1. The van der Waals surface area contributed by atoms with E-state index in [-0.39, 0.29) is 116 Å². The molecular weight excluding hydrogens is 670 g/mol. The van der Waals surface area contributed by atoms with E-state index >= 15 is 0 Å². The highest BCUT2D eigenvalue weighted by Gasteiger charge is 2.61. The lowest BCUT2D eigenvalue weighted by Crippen LogP contribution is -2.61. The largest absolute Gasteiger partial charge is 0.392 e. The quantitative estimate of drug-likeness (QED) is 0.407. The van der Waals surface area contributed by atoms with Gasteiger partial charge in [0.05, 0.1) is 67.6 Å². The normalized spacial score (nSPS) is 50.4. The van der Waals surface area contributed by atoms with Gasteiger partial charge in [-0.2, -0.15) is 0 Å². The number of ether oxygens (including phenoxy) is 9. The molecule has 0 radical (unpaired) electrons. The molecule has 8 rings (SSSR count). The van der Waals surface area contributed by atoms with Crippen molar-refractivity contribution in [1.29, 1.82) is 0 Å². The van der Waals surface area contributed by atoms with Crippen LogP contribution in [0.5, 0.6) is 0 Å². The van der Waals surface area contributed by atoms with E-state index in [1.165, 1.54) is 0 Å². The molecule has 12 nitrogen and oxygen atoms in total. The number of Topliss-reactive ketones (excluding diaryl/α,β-unsaturated/α-hetero) is 1. The number of aliphatic hydroxyl groups is 1. The monoisotopic (exact) mass is 731 g/mol. The van der Waals surface area contributed by atoms with Crippen molar-refractivity contribution < 1.29 is 52.5 Å². The van der Waals surface area contributed by atoms with Gasteiger partial charge in [0, 0.05) is 51.7 Å². The van der Waals surface area contributed by atoms with E-state index in [1.54, 1.807) is 7.11 Å². The van der Waals surface area contributed by atoms with Crippen molar-refractivity contribution in [2.24, 2.45) is 17.6 Å². The standard InChI is InChI=1S/C40H61NO11/c1-20-12-25-6-8-29-21(2)13-27(46-29)10-11-40(4)51-34-19-45-38-37(34)50-30-9-7-26(48-36(30)39(38)52-40)14-23(42)15-28-32(17-31(47-25)22(20)3)49-33(35(28)44-5)16-24(43)18-41/h20,24-39,43H,2-3,6-19,41H2,1,4-5H3/t20-,24?,25+,26?,27?,28?,29+,30?,31-,32+,33-,34?,35-,36+,37+,38?,39?,40-/m1/s1. The van der Waals surface area contributed by atoms with E-state index in [4.69, 9.17) is 48.4 Å². The summed E-state index contributed by atoms with van der Waals surface area (Å²) in [5.74, 6) is -0.717. The van der Waals surface area contributed by atoms with Gasteiger partial charge in [-0.3, -0.25) is 4.79 Å². The predicted octanol–water partition coefficient (Wildman–Crippen LogP) is 3.69. The van der Waals surface area contributed by atoms with Crippen LogP contribution in [0.3, 0.4) is 0 Å². The van der Waals surface area contributed by atoms with Crippen molar-refractivity contribution in [2.75, 3.05) is 20.3 Å². The first-order valence-corrected chi connectivity index (χ1v) is 20.0. The number of nitrogens with two attached hydrogens (primary N) is 1. The second-order valence-corrected chi connectivity index (χ2v) is 17.2. The fraction of sp³-hybridized carbons (Fsp3) is 0.875. The average Bonchev–Trinajstić information content (AvgIpc) is 3.76. The van der Waals surface area contributed by atoms with Gasteiger partial charge in [0.2, 0.25) is 0 Å². The number of carbonyl (C=O) groups is 1. The van der Waals surface area contributed by atoms with E-state index in [2.05, 4.69) is 20.1 Å². The lowest BCUT2D eigenvalue weighted by Gasteiger charge is -2.47. The summed E-state index contributed by atoms with van der Waals surface area (Å²) in [5, 5.41) is 10.5. The molecule has 8 heterocycles. The molecule has 0 aromatic carbocycles. The van der Waals surface area contributed by atoms with Crippen LogP contribution >= 0.6 is 0 Å². The first-order valence-electron chi connectivity index (χ1n) is 20.0. The number of rotatable bonds is 4. The topological polar surface area (TPSA) is 146 Å². The van der Waals surface area contributed by atoms with E-state index in [0.717, 1.165) is 49.7 Å². The van der Waals surface area contributed by atoms with Crippen molar-refractivity contribution in [3.05, 3.63) is 24.3 Å². The molecule has 8 fully saturated rings. The summed E-state index contributed by atoms with van der Waals surface area (Å²) in [6.45, 7) is 13.7. The Bertz CT molecular complexity index is 1330. The molecule has 8 unspecified atom stereocenters. The molecule has 18 atom stereocenters. The third-order valence-electron chi connectivity index (χ3n) is 13.4. The predicted molar refractivity (Wildman–Crippen MR) is 188 cm³/mol. The van der Waals surface area contributed by atoms with Crippen LogP contribution in [0.4, 0.5) is 0 Å². The number of hydrogen-bond acceptors (Lipinski definition) is 12. The number of hydrogen-bond donors (Lipinski definition) is 2. The van der Waals surface area contributed by atoms with Crippen LogP contribution < -0.4 is 5.73 Å². The summed E-state index contributed by atoms with van der Waals surface area (Å²) in [5.41, 5.74) is 8.00. The minimum Gasteiger partial charge on any atom is -0.392 e. The average molecular weight is 732 g/mol. The molecule has 3 N–H and O–H groups in total. The maximum absolute atomic E-state index is 14.0. The van der Waals surface area contributed by atoms with Crippen molar-refractivity contribution in [3.63, 3.8) is 0 Å². The van der Waals surface area contributed by atoms with Crippen molar-refractivity contribution in [1.82, 2.24) is 0 Å². The van der Waals surface area contributed by atoms with Crippen LogP contribution in [0.2, 0.25) is 0 Å². The fourth-order valence-electron chi connectivity index (χ4n) is 10.6. The van der Waals surface area contributed by atoms with Gasteiger partial charge in [-0.1, -0.05) is 20.1 Å². The number of fused-ring (bicyclic) bond motifs is 7. The van der Waals surface area contributed by atoms with Gasteiger partial charge in [0.1, 0.15) is 36.3 Å². The first kappa shape index (κ1) is 37.6. The molecule has 292 valence electrons. The molecule has 0 amide bonds. The van der Waals surface area contributed by atoms with Gasteiger partial charge in [0.15, 0.2) is 5.79 Å². The van der Waals surface area contributed by atoms with Gasteiger partial charge in [0.25, 0.3) is 0 Å². The van der Waals surface area contributed by atoms with Gasteiger partial charge in [-0.25, -0.2) is 0 Å². The Labute approximate surface area is 308 Å². The van der Waals surface area contributed by atoms with Gasteiger partial charge < -0.3 is 53.5 Å². The van der Waals surface area contributed by atoms with E-state index in [9.17, 15) is 9.90 Å². The summed E-state index contributed by atoms with van der Waals surface area (Å²) < 4.78 is 59.4. The molecule has 0 aromatic heterocycles. The van der Waals surface area contributed by atoms with Gasteiger partial charge in [-0.15, -0.1) is 0 Å². The summed E-state index contributed by atoms with van der Waals surface area (Å²) in [4.78, 5) is 14.0. The van der Waals surface area contributed by atoms with Crippen LogP contribution in [-0.2, 0) is 47.4 Å². The number of methoxy groups -OCH3 is 1. The minimum absolute atomic E-state index is 0.0229. The molecule has 0 aromatic rings. The molecular formula is C40H61NO11. The fourth-order valence-corrected chi connectivity index (χ4v) is 10.6. The Hall–Kier alpha value is -1.29. The van der Waals surface area contributed by atoms with Crippen molar-refractivity contribution >= 4 is 5.78 Å². The van der Waals surface area contributed by atoms with Gasteiger partial charge in [-0.05, 0) is 68.9 Å². The first-order chi connectivity index (χ1) is 25.0. The molecule has 8 aliphatic rings. The Morgan fingerprint density at radius 2 is 1.62 bits per heavy atom. The number of carbonyl (C=O) groups excluding carboxylic acids is 1. The SMILES string of the molecule is C=C1CC2CC[C@]3(C)OC4COC5C(O3)[C@H]3OC(CCC3O[C@@H]45)CC(=O)CC3[C@H](C[C@H]4O[C@@H](CC[C@@H]1O2)C[C@@H](C)C4=C)O[C@H](CC(O)CN)[C@@H]3OC. The maximum atomic E-state index is 14.0. The highest BCUT2D eigenvalue weighted by atomic mass is 16.8. The van der Waals surface area contributed by atoms with E-state index < -0.39 is 18.0 Å². The maximum Gasteiger partial charge on any atom is 0.166 e. The molecule has 0 aliphatic carbocycles. The third kappa shape index (κ3) is 7.48. The summed E-state index contributed by atoms with van der Waals surface area (Å²) in [6.07, 6.45) is 3.83. The van der Waals surface area contributed by atoms with Crippen LogP contribution in [0.1, 0.15) is 90.9 Å². The van der Waals surface area contributed by atoms with Crippen LogP contribution in [0, 0.1) is 11.8 Å². The third-order valence-corrected chi connectivity index (χ3v) is 13.4. The Morgan fingerprint density at radius 1 is 0.846 bits per heavy atom. The zero-order valence-electron chi connectivity index (χ0n) is 31.2. The summed E-state index contributed by atoms with van der Waals surface area (Å²) in [6, 6.07) is 0. The van der Waals surface area contributed by atoms with Crippen LogP contribution in [0.15, 0.2) is 24.3 Å². The summed E-state index contributed by atoms with van der Waals surface area (Å²) >= 11 is 0. The molecule has 52 heavy (non-hydrogen) atoms. The lowest BCUT2D eigenvalue weighted by atomic mass is 9.81. The Morgan fingerprint density at radius 3 is 2.42 bits per heavy atom. The minimum atomic E-state index is -0.861. The molecule has 8 aliphatic heterocycles.